The fourth-order valence-electron chi connectivity index (χ4n) is 2.73. The first-order valence-corrected chi connectivity index (χ1v) is 7.11. The number of nitrogens with two attached hydrogens (primary N) is 1. The molecular weight excluding hydrogens is 248 g/mol. The molecule has 0 bridgehead atoms. The van der Waals surface area contributed by atoms with E-state index < -0.39 is 0 Å². The molecule has 0 aromatic heterocycles. The van der Waals surface area contributed by atoms with Crippen molar-refractivity contribution in [3.8, 4) is 5.75 Å². The van der Waals surface area contributed by atoms with Gasteiger partial charge in [0.05, 0.1) is 0 Å². The second-order valence-electron chi connectivity index (χ2n) is 5.24. The highest BCUT2D eigenvalue weighted by atomic mass is 16.5. The van der Waals surface area contributed by atoms with Gasteiger partial charge in [-0.05, 0) is 42.8 Å². The van der Waals surface area contributed by atoms with E-state index in [1.807, 2.05) is 24.3 Å². The average molecular weight is 268 g/mol. The zero-order chi connectivity index (χ0) is 13.8. The summed E-state index contributed by atoms with van der Waals surface area (Å²) in [4.78, 5) is 0. The first-order chi connectivity index (χ1) is 9.83. The fraction of sp³-hybridized carbons (Fsp3) is 0.294. The summed E-state index contributed by atoms with van der Waals surface area (Å²) in [6, 6.07) is 18.2. The Balaban J connectivity index is 1.77. The van der Waals surface area contributed by atoms with Crippen molar-refractivity contribution < 1.29 is 4.74 Å². The molecule has 2 aromatic rings. The molecule has 2 atom stereocenters. The van der Waals surface area contributed by atoms with Gasteiger partial charge in [-0.25, -0.2) is 0 Å². The molecule has 2 aromatic carbocycles. The van der Waals surface area contributed by atoms with Crippen LogP contribution in [-0.4, -0.2) is 19.2 Å². The molecule has 1 heterocycles. The summed E-state index contributed by atoms with van der Waals surface area (Å²) in [6.45, 7) is 1.96. The van der Waals surface area contributed by atoms with Crippen molar-refractivity contribution in [2.45, 2.75) is 18.4 Å². The lowest BCUT2D eigenvalue weighted by atomic mass is 9.89. The molecule has 2 unspecified atom stereocenters. The molecule has 3 N–H and O–H groups in total. The molecule has 0 radical (unpaired) electrons. The molecule has 1 saturated heterocycles. The van der Waals surface area contributed by atoms with Crippen molar-refractivity contribution in [2.24, 2.45) is 0 Å². The Morgan fingerprint density at radius 1 is 1.00 bits per heavy atom. The summed E-state index contributed by atoms with van der Waals surface area (Å²) in [5.74, 6) is 1.29. The fourth-order valence-corrected chi connectivity index (χ4v) is 2.73. The summed E-state index contributed by atoms with van der Waals surface area (Å²) in [5, 5.41) is 3.46. The third-order valence-electron chi connectivity index (χ3n) is 3.81. The normalized spacial score (nSPS) is 22.4. The van der Waals surface area contributed by atoms with Crippen LogP contribution >= 0.6 is 0 Å². The van der Waals surface area contributed by atoms with Gasteiger partial charge in [-0.2, -0.15) is 0 Å². The number of benzene rings is 2. The van der Waals surface area contributed by atoms with E-state index in [0.717, 1.165) is 30.9 Å². The Labute approximate surface area is 119 Å². The molecule has 0 amide bonds. The smallest absolute Gasteiger partial charge is 0.119 e. The van der Waals surface area contributed by atoms with E-state index in [0.29, 0.717) is 5.92 Å². The Hall–Kier alpha value is -2.00. The quantitative estimate of drug-likeness (QED) is 0.842. The van der Waals surface area contributed by atoms with Crippen LogP contribution < -0.4 is 15.8 Å². The van der Waals surface area contributed by atoms with Gasteiger partial charge in [0.1, 0.15) is 11.9 Å². The van der Waals surface area contributed by atoms with Crippen LogP contribution in [0.4, 0.5) is 5.69 Å². The van der Waals surface area contributed by atoms with E-state index in [1.54, 1.807) is 0 Å². The van der Waals surface area contributed by atoms with Crippen molar-refractivity contribution in [2.75, 3.05) is 18.8 Å². The second kappa shape index (κ2) is 5.97. The molecule has 0 saturated carbocycles. The molecule has 1 fully saturated rings. The highest BCUT2D eigenvalue weighted by molar-refractivity contribution is 5.41. The van der Waals surface area contributed by atoms with Gasteiger partial charge in [-0.1, -0.05) is 30.3 Å². The predicted molar refractivity (Wildman–Crippen MR) is 81.9 cm³/mol. The third kappa shape index (κ3) is 2.94. The first kappa shape index (κ1) is 13.0. The van der Waals surface area contributed by atoms with E-state index in [4.69, 9.17) is 10.5 Å². The standard InChI is InChI=1S/C17H20N2O/c18-14-6-8-15(9-7-14)20-17-10-11-19-12-16(17)13-4-2-1-3-5-13/h1-9,16-17,19H,10-12,18H2. The maximum absolute atomic E-state index is 6.18. The maximum Gasteiger partial charge on any atom is 0.119 e. The minimum Gasteiger partial charge on any atom is -0.490 e. The molecule has 1 aliphatic heterocycles. The monoisotopic (exact) mass is 268 g/mol. The molecule has 3 heteroatoms. The molecule has 0 aliphatic carbocycles. The van der Waals surface area contributed by atoms with E-state index >= 15 is 0 Å². The van der Waals surface area contributed by atoms with Crippen LogP contribution in [0.2, 0.25) is 0 Å². The van der Waals surface area contributed by atoms with E-state index in [1.165, 1.54) is 5.56 Å². The van der Waals surface area contributed by atoms with E-state index in [9.17, 15) is 0 Å². The Morgan fingerprint density at radius 3 is 2.50 bits per heavy atom. The molecule has 3 nitrogen and oxygen atoms in total. The van der Waals surface area contributed by atoms with Crippen LogP contribution in [0.25, 0.3) is 0 Å². The maximum atomic E-state index is 6.18. The second-order valence-corrected chi connectivity index (χ2v) is 5.24. The lowest BCUT2D eigenvalue weighted by Gasteiger charge is -2.33. The summed E-state index contributed by atoms with van der Waals surface area (Å²) in [5.41, 5.74) is 7.81. The molecule has 104 valence electrons. The summed E-state index contributed by atoms with van der Waals surface area (Å²) < 4.78 is 6.18. The van der Waals surface area contributed by atoms with E-state index in [-0.39, 0.29) is 6.10 Å². The highest BCUT2D eigenvalue weighted by Gasteiger charge is 2.27. The number of nitrogen functional groups attached to an aromatic ring is 1. The van der Waals surface area contributed by atoms with Crippen molar-refractivity contribution in [1.82, 2.24) is 5.32 Å². The number of rotatable bonds is 3. The van der Waals surface area contributed by atoms with Crippen molar-refractivity contribution >= 4 is 5.69 Å². The van der Waals surface area contributed by atoms with Crippen molar-refractivity contribution in [3.05, 3.63) is 60.2 Å². The van der Waals surface area contributed by atoms with Crippen LogP contribution in [-0.2, 0) is 0 Å². The number of piperidine rings is 1. The molecule has 1 aliphatic rings. The van der Waals surface area contributed by atoms with Gasteiger partial charge in [-0.15, -0.1) is 0 Å². The van der Waals surface area contributed by atoms with Gasteiger partial charge >= 0.3 is 0 Å². The van der Waals surface area contributed by atoms with Crippen LogP contribution in [0.3, 0.4) is 0 Å². The van der Waals surface area contributed by atoms with Gasteiger partial charge in [0.25, 0.3) is 0 Å². The first-order valence-electron chi connectivity index (χ1n) is 7.11. The summed E-state index contributed by atoms with van der Waals surface area (Å²) in [6.07, 6.45) is 1.23. The largest absolute Gasteiger partial charge is 0.490 e. The summed E-state index contributed by atoms with van der Waals surface area (Å²) >= 11 is 0. The van der Waals surface area contributed by atoms with Gasteiger partial charge in [0.2, 0.25) is 0 Å². The minimum absolute atomic E-state index is 0.210. The highest BCUT2D eigenvalue weighted by Crippen LogP contribution is 2.28. The zero-order valence-electron chi connectivity index (χ0n) is 11.5. The van der Waals surface area contributed by atoms with Crippen LogP contribution in [0.15, 0.2) is 54.6 Å². The van der Waals surface area contributed by atoms with Gasteiger partial charge < -0.3 is 15.8 Å². The predicted octanol–water partition coefficient (Wildman–Crippen LogP) is 2.79. The molecule has 0 spiro atoms. The zero-order valence-corrected chi connectivity index (χ0v) is 11.5. The topological polar surface area (TPSA) is 47.3 Å². The number of nitrogens with one attached hydrogen (secondary N) is 1. The van der Waals surface area contributed by atoms with Crippen LogP contribution in [0, 0.1) is 0 Å². The van der Waals surface area contributed by atoms with Gasteiger partial charge in [-0.3, -0.25) is 0 Å². The number of anilines is 1. The third-order valence-corrected chi connectivity index (χ3v) is 3.81. The lowest BCUT2D eigenvalue weighted by molar-refractivity contribution is 0.138. The van der Waals surface area contributed by atoms with E-state index in [2.05, 4.69) is 35.6 Å². The molecular formula is C17H20N2O. The lowest BCUT2D eigenvalue weighted by Crippen LogP contribution is -2.41. The van der Waals surface area contributed by atoms with Crippen molar-refractivity contribution in [1.29, 1.82) is 0 Å². The number of ether oxygens (including phenoxy) is 1. The SMILES string of the molecule is Nc1ccc(OC2CCNCC2c2ccccc2)cc1. The molecule has 20 heavy (non-hydrogen) atoms. The van der Waals surface area contributed by atoms with Crippen molar-refractivity contribution in [3.63, 3.8) is 0 Å². The molecule has 3 rings (SSSR count). The van der Waals surface area contributed by atoms with Gasteiger partial charge in [0.15, 0.2) is 0 Å². The summed E-state index contributed by atoms with van der Waals surface area (Å²) in [7, 11) is 0. The van der Waals surface area contributed by atoms with Crippen LogP contribution in [0.5, 0.6) is 5.75 Å². The number of hydrogen-bond donors (Lipinski definition) is 2. The Kier molecular flexibility index (Phi) is 3.88. The minimum atomic E-state index is 0.210. The Morgan fingerprint density at radius 2 is 1.75 bits per heavy atom. The average Bonchev–Trinajstić information content (AvgIpc) is 2.51. The van der Waals surface area contributed by atoms with Crippen LogP contribution in [0.1, 0.15) is 17.9 Å². The number of hydrogen-bond acceptors (Lipinski definition) is 3. The van der Waals surface area contributed by atoms with Gasteiger partial charge in [0, 0.05) is 18.2 Å². The Bertz CT molecular complexity index is 539.